The fourth-order valence-corrected chi connectivity index (χ4v) is 4.18. The number of thioether (sulfide) groups is 1. The molecule has 0 spiro atoms. The van der Waals surface area contributed by atoms with Gasteiger partial charge in [0, 0.05) is 10.6 Å². The first-order valence-corrected chi connectivity index (χ1v) is 10.7. The number of hydrogen-bond acceptors (Lipinski definition) is 5. The van der Waals surface area contributed by atoms with Gasteiger partial charge in [0.15, 0.2) is 11.5 Å². The van der Waals surface area contributed by atoms with Crippen LogP contribution in [0.25, 0.3) is 6.08 Å². The number of nitrogens with zero attached hydrogens (tertiary/aromatic N) is 1. The zero-order chi connectivity index (χ0) is 21.8. The van der Waals surface area contributed by atoms with Gasteiger partial charge in [0.25, 0.3) is 11.1 Å². The Morgan fingerprint density at radius 2 is 1.83 bits per heavy atom. The third kappa shape index (κ3) is 4.74. The van der Waals surface area contributed by atoms with Crippen molar-refractivity contribution in [3.8, 4) is 11.5 Å². The highest BCUT2D eigenvalue weighted by molar-refractivity contribution is 8.18. The van der Waals surface area contributed by atoms with Gasteiger partial charge in [-0.1, -0.05) is 29.3 Å². The van der Waals surface area contributed by atoms with Crippen LogP contribution in [0, 0.1) is 5.82 Å². The summed E-state index contributed by atoms with van der Waals surface area (Å²) < 4.78 is 25.2. The van der Waals surface area contributed by atoms with Gasteiger partial charge in [-0.2, -0.15) is 0 Å². The summed E-state index contributed by atoms with van der Waals surface area (Å²) in [4.78, 5) is 26.3. The Morgan fingerprint density at radius 1 is 1.10 bits per heavy atom. The Bertz CT molecular complexity index is 1010. The van der Waals surface area contributed by atoms with Gasteiger partial charge in [-0.05, 0) is 61.5 Å². The lowest BCUT2D eigenvalue weighted by Gasteiger charge is -2.14. The monoisotopic (exact) mass is 469 g/mol. The molecule has 0 radical (unpaired) electrons. The van der Waals surface area contributed by atoms with E-state index in [2.05, 4.69) is 0 Å². The van der Waals surface area contributed by atoms with Crippen LogP contribution in [-0.2, 0) is 11.3 Å². The molecule has 0 unspecified atom stereocenters. The average Bonchev–Trinajstić information content (AvgIpc) is 2.94. The Kier molecular flexibility index (Phi) is 7.28. The highest BCUT2D eigenvalue weighted by Crippen LogP contribution is 2.39. The molecule has 158 valence electrons. The van der Waals surface area contributed by atoms with Crippen LogP contribution in [0.3, 0.4) is 0 Å². The predicted octanol–water partition coefficient (Wildman–Crippen LogP) is 6.17. The second-order valence-electron chi connectivity index (χ2n) is 6.16. The van der Waals surface area contributed by atoms with Crippen LogP contribution < -0.4 is 9.47 Å². The maximum Gasteiger partial charge on any atom is 0.293 e. The van der Waals surface area contributed by atoms with Gasteiger partial charge >= 0.3 is 0 Å². The molecular formula is C21H18Cl2FNO4S. The number of carbonyl (C=O) groups excluding carboxylic acids is 2. The lowest BCUT2D eigenvalue weighted by atomic mass is 10.1. The maximum absolute atomic E-state index is 14.1. The number of imide groups is 1. The fourth-order valence-electron chi connectivity index (χ4n) is 2.85. The van der Waals surface area contributed by atoms with Crippen molar-refractivity contribution < 1.29 is 23.5 Å². The topological polar surface area (TPSA) is 55.8 Å². The Balaban J connectivity index is 1.90. The van der Waals surface area contributed by atoms with E-state index in [4.69, 9.17) is 32.7 Å². The van der Waals surface area contributed by atoms with E-state index in [-0.39, 0.29) is 22.0 Å². The van der Waals surface area contributed by atoms with Crippen molar-refractivity contribution in [2.75, 3.05) is 13.2 Å². The highest BCUT2D eigenvalue weighted by atomic mass is 35.5. The standard InChI is InChI=1S/C21H18Cl2FNO4S/c1-3-28-17-9-12(8-15(23)19(17)29-4-2)10-18-20(26)25(21(27)30-18)11-13-14(22)6-5-7-16(13)24/h5-10H,3-4,11H2,1-2H3/b18-10+. The minimum atomic E-state index is -0.579. The van der Waals surface area contributed by atoms with E-state index < -0.39 is 17.0 Å². The van der Waals surface area contributed by atoms with Crippen molar-refractivity contribution in [2.45, 2.75) is 20.4 Å². The molecule has 5 nitrogen and oxygen atoms in total. The molecule has 0 saturated carbocycles. The first-order valence-electron chi connectivity index (χ1n) is 9.13. The molecule has 0 N–H and O–H groups in total. The van der Waals surface area contributed by atoms with Gasteiger partial charge in [0.2, 0.25) is 0 Å². The Labute approximate surface area is 187 Å². The molecule has 0 aliphatic carbocycles. The summed E-state index contributed by atoms with van der Waals surface area (Å²) in [6.45, 7) is 4.23. The summed E-state index contributed by atoms with van der Waals surface area (Å²) >= 11 is 13.1. The molecule has 0 bridgehead atoms. The highest BCUT2D eigenvalue weighted by Gasteiger charge is 2.36. The summed E-state index contributed by atoms with van der Waals surface area (Å²) in [7, 11) is 0. The molecule has 9 heteroatoms. The van der Waals surface area contributed by atoms with E-state index >= 15 is 0 Å². The fraction of sp³-hybridized carbons (Fsp3) is 0.238. The Morgan fingerprint density at radius 3 is 2.50 bits per heavy atom. The van der Waals surface area contributed by atoms with Gasteiger partial charge in [-0.25, -0.2) is 4.39 Å². The van der Waals surface area contributed by atoms with Crippen molar-refractivity contribution >= 4 is 52.2 Å². The summed E-state index contributed by atoms with van der Waals surface area (Å²) in [5.74, 6) is -0.256. The van der Waals surface area contributed by atoms with E-state index in [0.29, 0.717) is 35.3 Å². The van der Waals surface area contributed by atoms with Gasteiger partial charge in [-0.3, -0.25) is 14.5 Å². The third-order valence-corrected chi connectivity index (χ3v) is 5.71. The molecule has 1 fully saturated rings. The quantitative estimate of drug-likeness (QED) is 0.454. The summed E-state index contributed by atoms with van der Waals surface area (Å²) in [6.07, 6.45) is 1.54. The van der Waals surface area contributed by atoms with Crippen molar-refractivity contribution in [1.29, 1.82) is 0 Å². The molecule has 0 aromatic heterocycles. The van der Waals surface area contributed by atoms with E-state index in [1.165, 1.54) is 24.3 Å². The zero-order valence-corrected chi connectivity index (χ0v) is 18.5. The van der Waals surface area contributed by atoms with E-state index in [1.54, 1.807) is 12.1 Å². The van der Waals surface area contributed by atoms with Crippen LogP contribution in [0.4, 0.5) is 9.18 Å². The van der Waals surface area contributed by atoms with Crippen molar-refractivity contribution in [1.82, 2.24) is 4.90 Å². The molecule has 3 rings (SSSR count). The minimum Gasteiger partial charge on any atom is -0.490 e. The molecule has 1 heterocycles. The second kappa shape index (κ2) is 9.73. The molecule has 2 amide bonds. The Hall–Kier alpha value is -2.22. The number of benzene rings is 2. The summed E-state index contributed by atoms with van der Waals surface area (Å²) in [6, 6.07) is 7.50. The molecule has 0 atom stereocenters. The molecule has 1 saturated heterocycles. The lowest BCUT2D eigenvalue weighted by Crippen LogP contribution is -2.28. The van der Waals surface area contributed by atoms with Gasteiger partial charge in [0.1, 0.15) is 5.82 Å². The molecule has 1 aliphatic rings. The predicted molar refractivity (Wildman–Crippen MR) is 117 cm³/mol. The number of rotatable bonds is 7. The van der Waals surface area contributed by atoms with Crippen molar-refractivity contribution in [3.05, 3.63) is 62.2 Å². The third-order valence-electron chi connectivity index (χ3n) is 4.17. The molecule has 30 heavy (non-hydrogen) atoms. The van der Waals surface area contributed by atoms with Crippen LogP contribution in [-0.4, -0.2) is 29.3 Å². The van der Waals surface area contributed by atoms with Crippen molar-refractivity contribution in [2.24, 2.45) is 0 Å². The summed E-state index contributed by atoms with van der Waals surface area (Å²) in [5.41, 5.74) is 0.659. The van der Waals surface area contributed by atoms with Crippen LogP contribution in [0.1, 0.15) is 25.0 Å². The summed E-state index contributed by atoms with van der Waals surface area (Å²) in [5, 5.41) is -0.0308. The average molecular weight is 470 g/mol. The van der Waals surface area contributed by atoms with Crippen molar-refractivity contribution in [3.63, 3.8) is 0 Å². The minimum absolute atomic E-state index is 0.0884. The number of hydrogen-bond donors (Lipinski definition) is 0. The molecule has 1 aliphatic heterocycles. The SMILES string of the molecule is CCOc1cc(/C=C2/SC(=O)N(Cc3c(F)cccc3Cl)C2=O)cc(Cl)c1OCC. The van der Waals surface area contributed by atoms with Crippen LogP contribution in [0.5, 0.6) is 11.5 Å². The second-order valence-corrected chi connectivity index (χ2v) is 7.97. The number of amides is 2. The largest absolute Gasteiger partial charge is 0.490 e. The number of halogens is 3. The van der Waals surface area contributed by atoms with E-state index in [0.717, 1.165) is 16.7 Å². The first kappa shape index (κ1) is 22.5. The van der Waals surface area contributed by atoms with E-state index in [1.807, 2.05) is 13.8 Å². The molecule has 2 aromatic carbocycles. The number of carbonyl (C=O) groups is 2. The van der Waals surface area contributed by atoms with Gasteiger partial charge in [0.05, 0.1) is 29.7 Å². The normalized spacial score (nSPS) is 15.2. The number of ether oxygens (including phenoxy) is 2. The maximum atomic E-state index is 14.1. The van der Waals surface area contributed by atoms with Gasteiger partial charge < -0.3 is 9.47 Å². The first-order chi connectivity index (χ1) is 14.3. The molecule has 2 aromatic rings. The van der Waals surface area contributed by atoms with Crippen LogP contribution >= 0.6 is 35.0 Å². The van der Waals surface area contributed by atoms with E-state index in [9.17, 15) is 14.0 Å². The van der Waals surface area contributed by atoms with Crippen LogP contribution in [0.2, 0.25) is 10.0 Å². The lowest BCUT2D eigenvalue weighted by molar-refractivity contribution is -0.123. The van der Waals surface area contributed by atoms with Gasteiger partial charge in [-0.15, -0.1) is 0 Å². The zero-order valence-electron chi connectivity index (χ0n) is 16.2. The smallest absolute Gasteiger partial charge is 0.293 e. The van der Waals surface area contributed by atoms with Crippen LogP contribution in [0.15, 0.2) is 35.2 Å². The molecular weight excluding hydrogens is 452 g/mol.